The van der Waals surface area contributed by atoms with Crippen LogP contribution in [0.5, 0.6) is 0 Å². The number of hydrogen-bond acceptors (Lipinski definition) is 2. The molecule has 0 aromatic heterocycles. The van der Waals surface area contributed by atoms with Crippen molar-refractivity contribution in [3.63, 3.8) is 0 Å². The number of nitrogens with one attached hydrogen (secondary N) is 1. The van der Waals surface area contributed by atoms with Crippen LogP contribution in [0.4, 0.5) is 0 Å². The van der Waals surface area contributed by atoms with E-state index in [1.54, 1.807) is 0 Å². The highest BCUT2D eigenvalue weighted by molar-refractivity contribution is 4.69. The predicted molar refractivity (Wildman–Crippen MR) is 64.8 cm³/mol. The van der Waals surface area contributed by atoms with Crippen LogP contribution in [0.15, 0.2) is 0 Å². The molecule has 2 atom stereocenters. The zero-order valence-electron chi connectivity index (χ0n) is 10.6. The summed E-state index contributed by atoms with van der Waals surface area (Å²) in [7, 11) is 2.24. The Balaban J connectivity index is 3.56. The maximum Gasteiger partial charge on any atom is 0.00671 e. The van der Waals surface area contributed by atoms with Crippen molar-refractivity contribution in [2.45, 2.75) is 59.0 Å². The van der Waals surface area contributed by atoms with Gasteiger partial charge < -0.3 is 10.2 Å². The minimum atomic E-state index is 0.712. The maximum absolute atomic E-state index is 3.37. The van der Waals surface area contributed by atoms with E-state index in [-0.39, 0.29) is 0 Å². The second-order valence-corrected chi connectivity index (χ2v) is 4.27. The van der Waals surface area contributed by atoms with Gasteiger partial charge in [-0.3, -0.25) is 0 Å². The van der Waals surface area contributed by atoms with Crippen molar-refractivity contribution in [1.82, 2.24) is 10.2 Å². The third kappa shape index (κ3) is 5.61. The fourth-order valence-corrected chi connectivity index (χ4v) is 1.63. The lowest BCUT2D eigenvalue weighted by molar-refractivity contribution is 0.181. The Morgan fingerprint density at radius 1 is 1.14 bits per heavy atom. The minimum Gasteiger partial charge on any atom is -0.317 e. The fraction of sp³-hybridized carbons (Fsp3) is 1.00. The smallest absolute Gasteiger partial charge is 0.00671 e. The van der Waals surface area contributed by atoms with Crippen LogP contribution < -0.4 is 5.32 Å². The topological polar surface area (TPSA) is 15.3 Å². The summed E-state index contributed by atoms with van der Waals surface area (Å²) in [4.78, 5) is 2.49. The second-order valence-electron chi connectivity index (χ2n) is 4.27. The van der Waals surface area contributed by atoms with Crippen LogP contribution in [0.3, 0.4) is 0 Å². The Bertz CT molecular complexity index is 125. The van der Waals surface area contributed by atoms with Crippen molar-refractivity contribution in [3.05, 3.63) is 0 Å². The highest BCUT2D eigenvalue weighted by Crippen LogP contribution is 2.09. The summed E-state index contributed by atoms with van der Waals surface area (Å²) in [5, 5.41) is 3.37. The molecule has 86 valence electrons. The van der Waals surface area contributed by atoms with E-state index < -0.39 is 0 Å². The molecule has 2 heteroatoms. The van der Waals surface area contributed by atoms with E-state index >= 15 is 0 Å². The van der Waals surface area contributed by atoms with Gasteiger partial charge in [-0.15, -0.1) is 0 Å². The fourth-order valence-electron chi connectivity index (χ4n) is 1.63. The van der Waals surface area contributed by atoms with Gasteiger partial charge in [0.25, 0.3) is 0 Å². The molecule has 0 bridgehead atoms. The SMILES string of the molecule is CCNCCCC(C)N(C)C(C)CC. The molecule has 0 aliphatic heterocycles. The molecule has 0 radical (unpaired) electrons. The van der Waals surface area contributed by atoms with Crippen LogP contribution in [0.2, 0.25) is 0 Å². The van der Waals surface area contributed by atoms with Crippen molar-refractivity contribution in [3.8, 4) is 0 Å². The number of nitrogens with zero attached hydrogens (tertiary/aromatic N) is 1. The Morgan fingerprint density at radius 2 is 1.79 bits per heavy atom. The van der Waals surface area contributed by atoms with Crippen LogP contribution in [0, 0.1) is 0 Å². The van der Waals surface area contributed by atoms with Crippen LogP contribution in [-0.4, -0.2) is 37.1 Å². The van der Waals surface area contributed by atoms with Crippen LogP contribution in [-0.2, 0) is 0 Å². The zero-order chi connectivity index (χ0) is 11.0. The molecule has 0 amide bonds. The third-order valence-corrected chi connectivity index (χ3v) is 3.21. The van der Waals surface area contributed by atoms with Gasteiger partial charge in [0.15, 0.2) is 0 Å². The van der Waals surface area contributed by atoms with Gasteiger partial charge in [-0.25, -0.2) is 0 Å². The van der Waals surface area contributed by atoms with Gasteiger partial charge in [-0.2, -0.15) is 0 Å². The number of hydrogen-bond donors (Lipinski definition) is 1. The average Bonchev–Trinajstić information content (AvgIpc) is 2.21. The van der Waals surface area contributed by atoms with Crippen molar-refractivity contribution >= 4 is 0 Å². The van der Waals surface area contributed by atoms with E-state index in [1.807, 2.05) is 0 Å². The van der Waals surface area contributed by atoms with Gasteiger partial charge in [-0.05, 0) is 53.2 Å². The lowest BCUT2D eigenvalue weighted by Gasteiger charge is -2.30. The van der Waals surface area contributed by atoms with Crippen molar-refractivity contribution in [2.75, 3.05) is 20.1 Å². The summed E-state index contributed by atoms with van der Waals surface area (Å²) in [6.45, 7) is 11.3. The van der Waals surface area contributed by atoms with E-state index in [0.29, 0.717) is 12.1 Å². The van der Waals surface area contributed by atoms with E-state index in [9.17, 15) is 0 Å². The molecule has 14 heavy (non-hydrogen) atoms. The minimum absolute atomic E-state index is 0.712. The monoisotopic (exact) mass is 200 g/mol. The summed E-state index contributed by atoms with van der Waals surface area (Å²) in [6, 6.07) is 1.42. The lowest BCUT2D eigenvalue weighted by atomic mass is 10.1. The molecule has 1 N–H and O–H groups in total. The van der Waals surface area contributed by atoms with Gasteiger partial charge in [0.1, 0.15) is 0 Å². The summed E-state index contributed by atoms with van der Waals surface area (Å²) < 4.78 is 0. The molecule has 0 saturated carbocycles. The molecule has 0 fully saturated rings. The van der Waals surface area contributed by atoms with Crippen LogP contribution in [0.1, 0.15) is 47.0 Å². The third-order valence-electron chi connectivity index (χ3n) is 3.21. The van der Waals surface area contributed by atoms with Crippen molar-refractivity contribution in [1.29, 1.82) is 0 Å². The van der Waals surface area contributed by atoms with Gasteiger partial charge in [0.2, 0.25) is 0 Å². The van der Waals surface area contributed by atoms with Gasteiger partial charge >= 0.3 is 0 Å². The quantitative estimate of drug-likeness (QED) is 0.606. The predicted octanol–water partition coefficient (Wildman–Crippen LogP) is 2.49. The molecular weight excluding hydrogens is 172 g/mol. The Kier molecular flexibility index (Phi) is 8.20. The van der Waals surface area contributed by atoms with Gasteiger partial charge in [-0.1, -0.05) is 13.8 Å². The molecule has 2 nitrogen and oxygen atoms in total. The molecule has 0 aliphatic rings. The number of rotatable bonds is 8. The molecule has 0 spiro atoms. The Hall–Kier alpha value is -0.0800. The van der Waals surface area contributed by atoms with Crippen molar-refractivity contribution < 1.29 is 0 Å². The van der Waals surface area contributed by atoms with Gasteiger partial charge in [0, 0.05) is 12.1 Å². The highest BCUT2D eigenvalue weighted by Gasteiger charge is 2.13. The summed E-state index contributed by atoms with van der Waals surface area (Å²) in [5.74, 6) is 0. The maximum atomic E-state index is 3.37. The van der Waals surface area contributed by atoms with Crippen LogP contribution >= 0.6 is 0 Å². The van der Waals surface area contributed by atoms with Crippen LogP contribution in [0.25, 0.3) is 0 Å². The first-order chi connectivity index (χ1) is 6.63. The molecule has 0 saturated heterocycles. The Morgan fingerprint density at radius 3 is 2.29 bits per heavy atom. The summed E-state index contributed by atoms with van der Waals surface area (Å²) >= 11 is 0. The van der Waals surface area contributed by atoms with E-state index in [4.69, 9.17) is 0 Å². The van der Waals surface area contributed by atoms with Crippen molar-refractivity contribution in [2.24, 2.45) is 0 Å². The zero-order valence-corrected chi connectivity index (χ0v) is 10.6. The first-order valence-electron chi connectivity index (χ1n) is 6.06. The molecule has 0 aromatic carbocycles. The molecule has 2 unspecified atom stereocenters. The van der Waals surface area contributed by atoms with Gasteiger partial charge in [0.05, 0.1) is 0 Å². The largest absolute Gasteiger partial charge is 0.317 e. The Labute approximate surface area is 90.1 Å². The summed E-state index contributed by atoms with van der Waals surface area (Å²) in [6.07, 6.45) is 3.83. The molecular formula is C12H28N2. The molecule has 0 aromatic rings. The first-order valence-corrected chi connectivity index (χ1v) is 6.06. The normalized spacial score (nSPS) is 15.9. The molecule has 0 rings (SSSR count). The standard InChI is InChI=1S/C12H28N2/c1-6-11(3)14(5)12(4)9-8-10-13-7-2/h11-13H,6-10H2,1-5H3. The van der Waals surface area contributed by atoms with E-state index in [2.05, 4.69) is 45.0 Å². The second kappa shape index (κ2) is 8.25. The molecule has 0 aliphatic carbocycles. The summed E-state index contributed by atoms with van der Waals surface area (Å²) in [5.41, 5.74) is 0. The lowest BCUT2D eigenvalue weighted by Crippen LogP contribution is -2.36. The average molecular weight is 200 g/mol. The van der Waals surface area contributed by atoms with E-state index in [1.165, 1.54) is 19.3 Å². The highest BCUT2D eigenvalue weighted by atomic mass is 15.1. The molecule has 0 heterocycles. The van der Waals surface area contributed by atoms with E-state index in [0.717, 1.165) is 13.1 Å². The first kappa shape index (κ1) is 13.9.